The largest absolute Gasteiger partial charge is 0.309 e. The molecule has 12 aromatic rings. The van der Waals surface area contributed by atoms with Crippen LogP contribution in [0, 0.1) is 0 Å². The van der Waals surface area contributed by atoms with Crippen LogP contribution in [0.1, 0.15) is 52.7 Å². The summed E-state index contributed by atoms with van der Waals surface area (Å²) < 4.78 is 12.5. The van der Waals surface area contributed by atoms with Crippen molar-refractivity contribution in [3.63, 3.8) is 0 Å². The average Bonchev–Trinajstić information content (AvgIpc) is 4.05. The third kappa shape index (κ3) is 8.70. The normalized spacial score (nSPS) is 12.0. The first-order valence-electron chi connectivity index (χ1n) is 25.2. The Kier molecular flexibility index (Phi) is 11.5. The van der Waals surface area contributed by atoms with E-state index in [1.165, 1.54) is 72.5 Å². The molecule has 0 saturated carbocycles. The van der Waals surface area contributed by atoms with Gasteiger partial charge in [-0.1, -0.05) is 181 Å². The van der Waals surface area contributed by atoms with Crippen molar-refractivity contribution >= 4 is 61.6 Å². The molecule has 2 heterocycles. The lowest BCUT2D eigenvalue weighted by Crippen LogP contribution is -2.10. The van der Waals surface area contributed by atoms with Crippen LogP contribution in [-0.2, 0) is 10.8 Å². The minimum atomic E-state index is 0.0375. The van der Waals surface area contributed by atoms with Crippen LogP contribution in [0.4, 0.5) is 17.1 Å². The molecule has 73 heavy (non-hydrogen) atoms. The van der Waals surface area contributed by atoms with E-state index in [0.29, 0.717) is 0 Å². The van der Waals surface area contributed by atoms with Crippen LogP contribution in [0.15, 0.2) is 231 Å². The number of nitrogens with zero attached hydrogens (tertiary/aromatic N) is 4. The van der Waals surface area contributed by atoms with Crippen molar-refractivity contribution in [1.82, 2.24) is 13.3 Å². The first-order chi connectivity index (χ1) is 35.4. The SMILES string of the molecule is CC(C)(C)c1ccc2c(c1)c1cc(C(C)(C)C)ccc1n2-c1ccc(-c2ccc(N(c3ccc(-c4ccccc4)cc3)c3ccc(-c4cc(-c5ccccc5)cc(-c5ccccc5)c4)cc3)c3nsnc23)cc1. The topological polar surface area (TPSA) is 34.0 Å². The quantitative estimate of drug-likeness (QED) is 0.145. The zero-order valence-corrected chi connectivity index (χ0v) is 43.0. The number of hydrogen-bond donors (Lipinski definition) is 0. The van der Waals surface area contributed by atoms with Crippen molar-refractivity contribution in [2.45, 2.75) is 52.4 Å². The summed E-state index contributed by atoms with van der Waals surface area (Å²) in [6.07, 6.45) is 0. The van der Waals surface area contributed by atoms with E-state index >= 15 is 0 Å². The number of aromatic nitrogens is 3. The van der Waals surface area contributed by atoms with Gasteiger partial charge in [-0.15, -0.1) is 0 Å². The van der Waals surface area contributed by atoms with E-state index in [1.54, 1.807) is 0 Å². The summed E-state index contributed by atoms with van der Waals surface area (Å²) in [5.74, 6) is 0. The molecule has 0 unspecified atom stereocenters. The Morgan fingerprint density at radius 1 is 0.356 bits per heavy atom. The van der Waals surface area contributed by atoms with E-state index < -0.39 is 0 Å². The zero-order chi connectivity index (χ0) is 49.8. The van der Waals surface area contributed by atoms with Crippen LogP contribution < -0.4 is 4.90 Å². The molecule has 0 amide bonds. The van der Waals surface area contributed by atoms with Crippen molar-refractivity contribution in [1.29, 1.82) is 0 Å². The van der Waals surface area contributed by atoms with Crippen LogP contribution in [0.2, 0.25) is 0 Å². The van der Waals surface area contributed by atoms with Gasteiger partial charge in [-0.25, -0.2) is 0 Å². The summed E-state index contributed by atoms with van der Waals surface area (Å²) in [5, 5.41) is 2.57. The molecule has 0 spiro atoms. The van der Waals surface area contributed by atoms with Gasteiger partial charge in [0.25, 0.3) is 0 Å². The summed E-state index contributed by atoms with van der Waals surface area (Å²) in [5.41, 5.74) is 22.6. The minimum Gasteiger partial charge on any atom is -0.309 e. The molecule has 0 saturated heterocycles. The maximum Gasteiger partial charge on any atom is 0.129 e. The van der Waals surface area contributed by atoms with Crippen LogP contribution in [0.25, 0.3) is 94.2 Å². The Morgan fingerprint density at radius 2 is 0.753 bits per heavy atom. The number of rotatable bonds is 9. The van der Waals surface area contributed by atoms with Gasteiger partial charge in [0.05, 0.1) is 28.4 Å². The van der Waals surface area contributed by atoms with Crippen molar-refractivity contribution in [3.8, 4) is 61.3 Å². The lowest BCUT2D eigenvalue weighted by Gasteiger charge is -2.26. The van der Waals surface area contributed by atoms with Gasteiger partial charge < -0.3 is 9.47 Å². The first kappa shape index (κ1) is 45.7. The van der Waals surface area contributed by atoms with Crippen molar-refractivity contribution in [2.24, 2.45) is 0 Å². The molecule has 0 fully saturated rings. The second-order valence-corrected chi connectivity index (χ2v) is 21.8. The molecule has 0 aliphatic carbocycles. The lowest BCUT2D eigenvalue weighted by molar-refractivity contribution is 0.590. The fourth-order valence-corrected chi connectivity index (χ4v) is 10.9. The fourth-order valence-electron chi connectivity index (χ4n) is 10.3. The minimum absolute atomic E-state index is 0.0375. The van der Waals surface area contributed by atoms with Gasteiger partial charge in [-0.3, -0.25) is 0 Å². The van der Waals surface area contributed by atoms with E-state index in [-0.39, 0.29) is 10.8 Å². The summed E-state index contributed by atoms with van der Waals surface area (Å²) >= 11 is 1.26. The molecule has 0 atom stereocenters. The van der Waals surface area contributed by atoms with Gasteiger partial charge in [0.1, 0.15) is 11.0 Å². The molecule has 5 heteroatoms. The maximum atomic E-state index is 5.04. The van der Waals surface area contributed by atoms with Gasteiger partial charge >= 0.3 is 0 Å². The molecule has 0 N–H and O–H groups in total. The predicted molar refractivity (Wildman–Crippen MR) is 311 cm³/mol. The summed E-state index contributed by atoms with van der Waals surface area (Å²) in [6.45, 7) is 13.8. The number of fused-ring (bicyclic) bond motifs is 4. The molecule has 2 aromatic heterocycles. The van der Waals surface area contributed by atoms with E-state index in [1.807, 2.05) is 0 Å². The predicted octanol–water partition coefficient (Wildman–Crippen LogP) is 19.2. The highest BCUT2D eigenvalue weighted by Gasteiger charge is 2.23. The van der Waals surface area contributed by atoms with E-state index in [9.17, 15) is 0 Å². The number of anilines is 3. The highest BCUT2D eigenvalue weighted by Crippen LogP contribution is 2.44. The van der Waals surface area contributed by atoms with Crippen LogP contribution >= 0.6 is 11.7 Å². The van der Waals surface area contributed by atoms with Crippen molar-refractivity contribution in [3.05, 3.63) is 242 Å². The second kappa shape index (κ2) is 18.3. The monoisotopic (exact) mass is 960 g/mol. The van der Waals surface area contributed by atoms with E-state index in [4.69, 9.17) is 8.75 Å². The van der Waals surface area contributed by atoms with E-state index in [2.05, 4.69) is 282 Å². The molecule has 0 bridgehead atoms. The van der Waals surface area contributed by atoms with E-state index in [0.717, 1.165) is 61.6 Å². The highest BCUT2D eigenvalue weighted by molar-refractivity contribution is 7.00. The zero-order valence-electron chi connectivity index (χ0n) is 42.1. The molecule has 0 aliphatic heterocycles. The van der Waals surface area contributed by atoms with Gasteiger partial charge in [-0.05, 0) is 163 Å². The maximum absolute atomic E-state index is 5.04. The van der Waals surface area contributed by atoms with Gasteiger partial charge in [0, 0.05) is 33.4 Å². The molecular weight excluding hydrogens is 905 g/mol. The van der Waals surface area contributed by atoms with Gasteiger partial charge in [0.15, 0.2) is 0 Å². The summed E-state index contributed by atoms with van der Waals surface area (Å²) in [4.78, 5) is 2.32. The Balaban J connectivity index is 0.940. The average molecular weight is 961 g/mol. The molecule has 0 aliphatic rings. The summed E-state index contributed by atoms with van der Waals surface area (Å²) in [7, 11) is 0. The molecule has 12 rings (SSSR count). The highest BCUT2D eigenvalue weighted by atomic mass is 32.1. The molecule has 10 aromatic carbocycles. The summed E-state index contributed by atoms with van der Waals surface area (Å²) in [6, 6.07) is 84.0. The number of hydrogen-bond acceptors (Lipinski definition) is 4. The third-order valence-electron chi connectivity index (χ3n) is 14.4. The van der Waals surface area contributed by atoms with Gasteiger partial charge in [-0.2, -0.15) is 8.75 Å². The molecule has 4 nitrogen and oxygen atoms in total. The second-order valence-electron chi connectivity index (χ2n) is 21.3. The van der Waals surface area contributed by atoms with Crippen LogP contribution in [-0.4, -0.2) is 13.3 Å². The smallest absolute Gasteiger partial charge is 0.129 e. The third-order valence-corrected chi connectivity index (χ3v) is 14.9. The Hall–Kier alpha value is -8.38. The van der Waals surface area contributed by atoms with Crippen LogP contribution in [0.5, 0.6) is 0 Å². The van der Waals surface area contributed by atoms with Crippen LogP contribution in [0.3, 0.4) is 0 Å². The fraction of sp³-hybridized carbons (Fsp3) is 0.118. The first-order valence-corrected chi connectivity index (χ1v) is 25.9. The number of benzene rings is 10. The molecule has 0 radical (unpaired) electrons. The standard InChI is InChI=1S/C68H56N4S/c1-67(2,3)54-28-37-62-60(43-54)61-44-55(68(4,5)6)29-38-63(61)72(62)58-34-26-50(27-35-58)59-36-39-64(66-65(59)69-73-70-66)71(56-30-22-48(23-31-56)45-16-10-7-11-17-45)57-32-24-49(25-33-57)53-41-51(46-18-12-8-13-19-46)40-52(42-53)47-20-14-9-15-21-47/h7-44H,1-6H3. The molecular formula is C68H56N4S. The Bertz CT molecular complexity index is 3800. The van der Waals surface area contributed by atoms with Crippen molar-refractivity contribution < 1.29 is 0 Å². The molecule has 354 valence electrons. The lowest BCUT2D eigenvalue weighted by atomic mass is 9.85. The van der Waals surface area contributed by atoms with Gasteiger partial charge in [0.2, 0.25) is 0 Å². The Morgan fingerprint density at radius 3 is 1.21 bits per heavy atom. The Labute approximate surface area is 432 Å². The van der Waals surface area contributed by atoms with Crippen molar-refractivity contribution in [2.75, 3.05) is 4.90 Å².